The van der Waals surface area contributed by atoms with Crippen LogP contribution < -0.4 is 51.4 Å². The third-order valence-corrected chi connectivity index (χ3v) is 5.79. The van der Waals surface area contributed by atoms with E-state index in [-0.39, 0.29) is 57.8 Å². The van der Waals surface area contributed by atoms with Crippen LogP contribution in [-0.2, 0) is 10.1 Å². The zero-order valence-electron chi connectivity index (χ0n) is 17.4. The molecular formula is C20H41KO4S. The summed E-state index contributed by atoms with van der Waals surface area (Å²) in [6.45, 7) is 2.26. The summed E-state index contributed by atoms with van der Waals surface area (Å²) in [5.41, 5.74) is -1.72. The van der Waals surface area contributed by atoms with Crippen LogP contribution >= 0.6 is 0 Å². The van der Waals surface area contributed by atoms with Crippen LogP contribution in [0.25, 0.3) is 0 Å². The molecule has 0 aliphatic heterocycles. The summed E-state index contributed by atoms with van der Waals surface area (Å²) in [7, 11) is -4.52. The molecule has 0 aromatic carbocycles. The first kappa shape index (κ1) is 29.7. The van der Waals surface area contributed by atoms with Crippen molar-refractivity contribution in [3.8, 4) is 0 Å². The quantitative estimate of drug-likeness (QED) is 0.199. The Kier molecular flexibility index (Phi) is 24.2. The molecule has 0 radical (unpaired) electrons. The van der Waals surface area contributed by atoms with Gasteiger partial charge >= 0.3 is 51.4 Å². The first-order valence-corrected chi connectivity index (χ1v) is 12.1. The fourth-order valence-electron chi connectivity index (χ4n) is 3.19. The summed E-state index contributed by atoms with van der Waals surface area (Å²) in [6.07, 6.45) is 21.5. The number of rotatable bonds is 19. The van der Waals surface area contributed by atoms with E-state index in [2.05, 4.69) is 6.92 Å². The van der Waals surface area contributed by atoms with E-state index in [1.54, 1.807) is 0 Å². The fraction of sp³-hybridized carbons (Fsp3) is 1.00. The molecule has 4 nitrogen and oxygen atoms in total. The van der Waals surface area contributed by atoms with E-state index in [4.69, 9.17) is 5.11 Å². The minimum atomic E-state index is -4.52. The van der Waals surface area contributed by atoms with Crippen LogP contribution in [0.4, 0.5) is 0 Å². The topological polar surface area (TPSA) is 77.4 Å². The molecule has 0 amide bonds. The molecule has 6 heteroatoms. The van der Waals surface area contributed by atoms with Crippen LogP contribution in [0, 0.1) is 0 Å². The summed E-state index contributed by atoms with van der Waals surface area (Å²) in [4.78, 5) is 0. The summed E-state index contributed by atoms with van der Waals surface area (Å²) in [5.74, 6) is 0. The van der Waals surface area contributed by atoms with E-state index in [0.717, 1.165) is 19.3 Å². The minimum absolute atomic E-state index is 0. The fourth-order valence-corrected chi connectivity index (χ4v) is 3.64. The van der Waals surface area contributed by atoms with Crippen molar-refractivity contribution in [1.29, 1.82) is 0 Å². The number of unbranched alkanes of at least 4 members (excludes halogenated alkanes) is 16. The van der Waals surface area contributed by atoms with Gasteiger partial charge in [-0.05, 0) is 12.8 Å². The van der Waals surface area contributed by atoms with Crippen molar-refractivity contribution in [2.24, 2.45) is 0 Å². The Labute approximate surface area is 205 Å². The normalized spacial score (nSPS) is 12.7. The van der Waals surface area contributed by atoms with E-state index in [0.29, 0.717) is 6.42 Å². The van der Waals surface area contributed by atoms with Crippen molar-refractivity contribution in [3.05, 3.63) is 0 Å². The number of aliphatic hydroxyl groups excluding tert-OH is 1. The van der Waals surface area contributed by atoms with Crippen LogP contribution in [-0.4, -0.2) is 23.5 Å². The van der Waals surface area contributed by atoms with Gasteiger partial charge in [-0.25, -0.2) is 8.42 Å². The Morgan fingerprint density at radius 3 is 1.19 bits per heavy atom. The van der Waals surface area contributed by atoms with E-state index >= 15 is 0 Å². The van der Waals surface area contributed by atoms with Gasteiger partial charge in [0, 0.05) is 0 Å². The standard InChI is InChI=1S/C20H42O4S.K/c1-2-3-4-5-6-7-8-9-10-11-12-13-14-15-16-17-18-19-20(21)25(22,23)24;/h20-21H,2-19H2,1H3,(H,22,23,24);/q;+1/p-1. The Hall–Kier alpha value is 1.51. The van der Waals surface area contributed by atoms with Crippen LogP contribution in [0.1, 0.15) is 122 Å². The molecule has 1 atom stereocenters. The molecule has 0 spiro atoms. The molecular weight excluding hydrogens is 375 g/mol. The molecule has 26 heavy (non-hydrogen) atoms. The maximum Gasteiger partial charge on any atom is 1.00 e. The predicted molar refractivity (Wildman–Crippen MR) is 104 cm³/mol. The van der Waals surface area contributed by atoms with Crippen LogP contribution in [0.2, 0.25) is 0 Å². The van der Waals surface area contributed by atoms with E-state index in [9.17, 15) is 13.0 Å². The van der Waals surface area contributed by atoms with Gasteiger partial charge in [-0.2, -0.15) is 0 Å². The molecule has 152 valence electrons. The van der Waals surface area contributed by atoms with Crippen molar-refractivity contribution >= 4 is 10.1 Å². The van der Waals surface area contributed by atoms with Gasteiger partial charge < -0.3 is 9.66 Å². The molecule has 0 aromatic rings. The average molecular weight is 417 g/mol. The van der Waals surface area contributed by atoms with Gasteiger partial charge in [0.1, 0.15) is 15.6 Å². The summed E-state index contributed by atoms with van der Waals surface area (Å²) in [6, 6.07) is 0. The Morgan fingerprint density at radius 2 is 0.923 bits per heavy atom. The molecule has 1 N–H and O–H groups in total. The molecule has 0 aliphatic rings. The van der Waals surface area contributed by atoms with Crippen LogP contribution in [0.15, 0.2) is 0 Å². The van der Waals surface area contributed by atoms with Gasteiger partial charge in [0.2, 0.25) is 0 Å². The summed E-state index contributed by atoms with van der Waals surface area (Å²) < 4.78 is 31.6. The zero-order chi connectivity index (χ0) is 18.8. The van der Waals surface area contributed by atoms with Crippen molar-refractivity contribution in [1.82, 2.24) is 0 Å². The molecule has 0 aliphatic carbocycles. The average Bonchev–Trinajstić information content (AvgIpc) is 2.56. The predicted octanol–water partition coefficient (Wildman–Crippen LogP) is 2.90. The molecule has 0 saturated heterocycles. The molecule has 0 rings (SSSR count). The smallest absolute Gasteiger partial charge is 0.746 e. The van der Waals surface area contributed by atoms with Gasteiger partial charge in [-0.3, -0.25) is 0 Å². The van der Waals surface area contributed by atoms with Gasteiger partial charge in [0.25, 0.3) is 0 Å². The summed E-state index contributed by atoms with van der Waals surface area (Å²) >= 11 is 0. The Balaban J connectivity index is 0. The molecule has 0 saturated carbocycles. The van der Waals surface area contributed by atoms with Gasteiger partial charge in [-0.15, -0.1) is 0 Å². The molecule has 1 unspecified atom stereocenters. The maximum absolute atomic E-state index is 10.5. The molecule has 0 aromatic heterocycles. The van der Waals surface area contributed by atoms with Crippen LogP contribution in [0.5, 0.6) is 0 Å². The van der Waals surface area contributed by atoms with E-state index in [1.165, 1.54) is 83.5 Å². The Morgan fingerprint density at radius 1 is 0.654 bits per heavy atom. The first-order valence-electron chi connectivity index (χ1n) is 10.6. The monoisotopic (exact) mass is 416 g/mol. The van der Waals surface area contributed by atoms with E-state index in [1.807, 2.05) is 0 Å². The second kappa shape index (κ2) is 21.2. The van der Waals surface area contributed by atoms with E-state index < -0.39 is 15.6 Å². The number of hydrogen-bond acceptors (Lipinski definition) is 4. The molecule has 0 bridgehead atoms. The molecule has 0 fully saturated rings. The van der Waals surface area contributed by atoms with Gasteiger partial charge in [-0.1, -0.05) is 110 Å². The van der Waals surface area contributed by atoms with Crippen molar-refractivity contribution < 1.29 is 69.5 Å². The second-order valence-electron chi connectivity index (χ2n) is 7.39. The minimum Gasteiger partial charge on any atom is -0.746 e. The maximum atomic E-state index is 10.5. The zero-order valence-corrected chi connectivity index (χ0v) is 21.3. The Bertz CT molecular complexity index is 374. The first-order chi connectivity index (χ1) is 12.0. The van der Waals surface area contributed by atoms with Crippen molar-refractivity contribution in [2.75, 3.05) is 0 Å². The third-order valence-electron chi connectivity index (χ3n) is 4.89. The second-order valence-corrected chi connectivity index (χ2v) is 8.92. The SMILES string of the molecule is CCCCCCCCCCCCCCCCCCCC(O)S(=O)(=O)[O-].[K+]. The summed E-state index contributed by atoms with van der Waals surface area (Å²) in [5, 5.41) is 9.11. The number of aliphatic hydroxyl groups is 1. The largest absolute Gasteiger partial charge is 1.00 e. The number of hydrogen-bond donors (Lipinski definition) is 1. The van der Waals surface area contributed by atoms with Crippen molar-refractivity contribution in [2.45, 2.75) is 128 Å². The van der Waals surface area contributed by atoms with Crippen molar-refractivity contribution in [3.63, 3.8) is 0 Å². The van der Waals surface area contributed by atoms with Crippen LogP contribution in [0.3, 0.4) is 0 Å². The van der Waals surface area contributed by atoms with Gasteiger partial charge in [0.15, 0.2) is 0 Å². The molecule has 0 heterocycles. The van der Waals surface area contributed by atoms with Gasteiger partial charge in [0.05, 0.1) is 0 Å². The third kappa shape index (κ3) is 21.8.